The smallest absolute Gasteiger partial charge is 0.413 e. The predicted molar refractivity (Wildman–Crippen MR) is 94.7 cm³/mol. The molecule has 0 saturated carbocycles. The number of halogens is 1. The van der Waals surface area contributed by atoms with Crippen LogP contribution in [0.1, 0.15) is 20.9 Å². The highest BCUT2D eigenvalue weighted by Crippen LogP contribution is 2.30. The molecule has 0 atom stereocenters. The number of benzene rings is 1. The van der Waals surface area contributed by atoms with E-state index in [1.165, 1.54) is 36.6 Å². The number of hydrogen-bond donors (Lipinski definition) is 1. The van der Waals surface area contributed by atoms with Crippen LogP contribution in [0.3, 0.4) is 0 Å². The molecule has 1 N–H and O–H groups in total. The van der Waals surface area contributed by atoms with Crippen molar-refractivity contribution >= 4 is 45.8 Å². The van der Waals surface area contributed by atoms with Crippen molar-refractivity contribution in [1.29, 1.82) is 0 Å². The first-order chi connectivity index (χ1) is 12.4. The molecular formula is C15H13ClN4O5S. The number of thiazole rings is 1. The Morgan fingerprint density at radius 2 is 2.23 bits per heavy atom. The zero-order valence-electron chi connectivity index (χ0n) is 13.5. The van der Waals surface area contributed by atoms with Crippen LogP contribution < -0.4 is 5.32 Å². The van der Waals surface area contributed by atoms with Crippen molar-refractivity contribution in [1.82, 2.24) is 9.88 Å². The summed E-state index contributed by atoms with van der Waals surface area (Å²) < 4.78 is 4.53. The zero-order chi connectivity index (χ0) is 18.8. The highest BCUT2D eigenvalue weighted by atomic mass is 35.5. The lowest BCUT2D eigenvalue weighted by Crippen LogP contribution is -2.35. The van der Waals surface area contributed by atoms with E-state index in [2.05, 4.69) is 15.0 Å². The van der Waals surface area contributed by atoms with Gasteiger partial charge >= 0.3 is 6.09 Å². The van der Waals surface area contributed by atoms with Crippen molar-refractivity contribution in [3.63, 3.8) is 0 Å². The second-order valence-electron chi connectivity index (χ2n) is 5.41. The Labute approximate surface area is 156 Å². The summed E-state index contributed by atoms with van der Waals surface area (Å²) >= 11 is 7.05. The van der Waals surface area contributed by atoms with Gasteiger partial charge in [-0.05, 0) is 12.1 Å². The lowest BCUT2D eigenvalue weighted by Gasteiger charge is -2.26. The minimum atomic E-state index is -0.624. The Hall–Kier alpha value is -2.72. The Balaban J connectivity index is 1.78. The van der Waals surface area contributed by atoms with Gasteiger partial charge in [-0.15, -0.1) is 0 Å². The van der Waals surface area contributed by atoms with Crippen LogP contribution in [0.4, 0.5) is 15.6 Å². The minimum absolute atomic E-state index is 0.0199. The standard InChI is InChI=1S/C15H13ClN4O5S/c1-25-15(22)18-14-17-10-4-5-19(7-12(10)26-14)13(21)8-2-3-9(16)11(6-8)20(23)24/h2-3,6H,4-5,7H2,1H3,(H,17,18,22). The van der Waals surface area contributed by atoms with E-state index in [-0.39, 0.29) is 22.2 Å². The van der Waals surface area contributed by atoms with Gasteiger partial charge in [0.1, 0.15) is 5.02 Å². The Bertz CT molecular complexity index is 900. The first-order valence-electron chi connectivity index (χ1n) is 7.46. The topological polar surface area (TPSA) is 115 Å². The number of amides is 2. The fourth-order valence-electron chi connectivity index (χ4n) is 2.53. The number of fused-ring (bicyclic) bond motifs is 1. The summed E-state index contributed by atoms with van der Waals surface area (Å²) in [5.74, 6) is -0.328. The largest absolute Gasteiger partial charge is 0.453 e. The molecular weight excluding hydrogens is 384 g/mol. The van der Waals surface area contributed by atoms with Gasteiger partial charge in [0.2, 0.25) is 0 Å². The first-order valence-corrected chi connectivity index (χ1v) is 8.65. The molecule has 26 heavy (non-hydrogen) atoms. The van der Waals surface area contributed by atoms with E-state index < -0.39 is 11.0 Å². The molecule has 1 aliphatic rings. The molecule has 0 aliphatic carbocycles. The van der Waals surface area contributed by atoms with Crippen LogP contribution in [0.25, 0.3) is 0 Å². The van der Waals surface area contributed by atoms with E-state index in [0.717, 1.165) is 10.6 Å². The average molecular weight is 397 g/mol. The molecule has 0 fully saturated rings. The summed E-state index contributed by atoms with van der Waals surface area (Å²) in [6, 6.07) is 3.98. The van der Waals surface area contributed by atoms with E-state index in [4.69, 9.17) is 11.6 Å². The maximum Gasteiger partial charge on any atom is 0.413 e. The number of carbonyl (C=O) groups is 2. The van der Waals surface area contributed by atoms with E-state index >= 15 is 0 Å². The third kappa shape index (κ3) is 3.60. The van der Waals surface area contributed by atoms with Gasteiger partial charge in [0, 0.05) is 29.5 Å². The number of nitrogens with zero attached hydrogens (tertiary/aromatic N) is 3. The number of rotatable bonds is 3. The lowest BCUT2D eigenvalue weighted by atomic mass is 10.1. The van der Waals surface area contributed by atoms with Crippen molar-refractivity contribution < 1.29 is 19.2 Å². The summed E-state index contributed by atoms with van der Waals surface area (Å²) in [6.07, 6.45) is -0.0895. The number of nitro groups is 1. The number of nitro benzene ring substituents is 1. The molecule has 0 unspecified atom stereocenters. The normalized spacial score (nSPS) is 13.1. The fourth-order valence-corrected chi connectivity index (χ4v) is 3.72. The maximum absolute atomic E-state index is 12.7. The number of anilines is 1. The number of methoxy groups -OCH3 is 1. The van der Waals surface area contributed by atoms with Gasteiger partial charge in [-0.1, -0.05) is 22.9 Å². The highest BCUT2D eigenvalue weighted by molar-refractivity contribution is 7.15. The highest BCUT2D eigenvalue weighted by Gasteiger charge is 2.26. The van der Waals surface area contributed by atoms with Gasteiger partial charge in [0.15, 0.2) is 5.13 Å². The van der Waals surface area contributed by atoms with E-state index in [9.17, 15) is 19.7 Å². The molecule has 2 heterocycles. The van der Waals surface area contributed by atoms with Gasteiger partial charge < -0.3 is 9.64 Å². The quantitative estimate of drug-likeness (QED) is 0.629. The van der Waals surface area contributed by atoms with Crippen LogP contribution in [0.2, 0.25) is 5.02 Å². The summed E-state index contributed by atoms with van der Waals surface area (Å²) in [5.41, 5.74) is 0.701. The molecule has 9 nitrogen and oxygen atoms in total. The molecule has 2 amide bonds. The predicted octanol–water partition coefficient (Wildman–Crippen LogP) is 3.08. The van der Waals surface area contributed by atoms with Crippen molar-refractivity contribution in [3.8, 4) is 0 Å². The second kappa shape index (κ2) is 7.26. The van der Waals surface area contributed by atoms with E-state index in [0.29, 0.717) is 24.6 Å². The van der Waals surface area contributed by atoms with Crippen molar-refractivity contribution in [3.05, 3.63) is 49.5 Å². The summed E-state index contributed by atoms with van der Waals surface area (Å²) in [5, 5.41) is 13.9. The average Bonchev–Trinajstić information content (AvgIpc) is 3.02. The summed E-state index contributed by atoms with van der Waals surface area (Å²) in [7, 11) is 1.26. The lowest BCUT2D eigenvalue weighted by molar-refractivity contribution is -0.384. The van der Waals surface area contributed by atoms with Gasteiger partial charge in [0.05, 0.1) is 24.3 Å². The first kappa shape index (κ1) is 18.1. The Kier molecular flexibility index (Phi) is 5.05. The molecule has 1 aromatic carbocycles. The molecule has 0 spiro atoms. The van der Waals surface area contributed by atoms with Crippen LogP contribution in [0.5, 0.6) is 0 Å². The van der Waals surface area contributed by atoms with Crippen LogP contribution in [-0.2, 0) is 17.7 Å². The van der Waals surface area contributed by atoms with E-state index in [1.807, 2.05) is 0 Å². The number of nitrogens with one attached hydrogen (secondary N) is 1. The van der Waals surface area contributed by atoms with Crippen LogP contribution in [0, 0.1) is 10.1 Å². The minimum Gasteiger partial charge on any atom is -0.453 e. The summed E-state index contributed by atoms with van der Waals surface area (Å²) in [4.78, 5) is 41.1. The zero-order valence-corrected chi connectivity index (χ0v) is 15.1. The third-order valence-electron chi connectivity index (χ3n) is 3.80. The van der Waals surface area contributed by atoms with Gasteiger partial charge in [-0.3, -0.25) is 20.2 Å². The van der Waals surface area contributed by atoms with Crippen molar-refractivity contribution in [2.24, 2.45) is 0 Å². The number of hydrogen-bond acceptors (Lipinski definition) is 7. The molecule has 3 rings (SSSR count). The molecule has 0 radical (unpaired) electrons. The summed E-state index contributed by atoms with van der Waals surface area (Å²) in [6.45, 7) is 0.731. The maximum atomic E-state index is 12.7. The SMILES string of the molecule is COC(=O)Nc1nc2c(s1)CN(C(=O)c1ccc(Cl)c([N+](=O)[O-])c1)CC2. The van der Waals surface area contributed by atoms with Crippen LogP contribution in [-0.4, -0.2) is 40.5 Å². The van der Waals surface area contributed by atoms with Crippen LogP contribution in [0.15, 0.2) is 18.2 Å². The number of carbonyl (C=O) groups excluding carboxylic acids is 2. The van der Waals surface area contributed by atoms with Crippen LogP contribution >= 0.6 is 22.9 Å². The molecule has 1 aromatic heterocycles. The number of aromatic nitrogens is 1. The monoisotopic (exact) mass is 396 g/mol. The Morgan fingerprint density at radius 3 is 2.92 bits per heavy atom. The molecule has 136 valence electrons. The molecule has 0 bridgehead atoms. The molecule has 2 aromatic rings. The number of ether oxygens (including phenoxy) is 1. The van der Waals surface area contributed by atoms with Crippen molar-refractivity contribution in [2.75, 3.05) is 19.0 Å². The van der Waals surface area contributed by atoms with Gasteiger partial charge in [-0.25, -0.2) is 9.78 Å². The van der Waals surface area contributed by atoms with Gasteiger partial charge in [-0.2, -0.15) is 0 Å². The van der Waals surface area contributed by atoms with E-state index in [1.54, 1.807) is 4.90 Å². The molecule has 1 aliphatic heterocycles. The fraction of sp³-hybridized carbons (Fsp3) is 0.267. The molecule has 11 heteroatoms. The molecule has 0 saturated heterocycles. The second-order valence-corrected chi connectivity index (χ2v) is 6.90. The third-order valence-corrected chi connectivity index (χ3v) is 5.12. The van der Waals surface area contributed by atoms with Gasteiger partial charge in [0.25, 0.3) is 11.6 Å². The van der Waals surface area contributed by atoms with Crippen molar-refractivity contribution in [2.45, 2.75) is 13.0 Å². The Morgan fingerprint density at radius 1 is 1.46 bits per heavy atom.